The fraction of sp³-hybridized carbons (Fsp3) is 0.529. The molecule has 148 valence electrons. The largest absolute Gasteiger partial charge is 1.00 e. The van der Waals surface area contributed by atoms with Gasteiger partial charge < -0.3 is 22.6 Å². The van der Waals surface area contributed by atoms with Crippen molar-refractivity contribution in [3.63, 3.8) is 0 Å². The average Bonchev–Trinajstić information content (AvgIpc) is 2.97. The Balaban J connectivity index is 0.00000280. The van der Waals surface area contributed by atoms with Crippen molar-refractivity contribution >= 4 is 29.4 Å². The molecule has 1 aliphatic rings. The topological polar surface area (TPSA) is 47.4 Å². The SMILES string of the molecule is CC(C)(C)OC(=O)N1CCC(n2cc3cc([B-](F)(F)F)cc(F)c3n2)CC1.[K+]. The quantitative estimate of drug-likeness (QED) is 0.529. The number of carbonyl (C=O) groups excluding carboxylic acids is 1. The average molecular weight is 425 g/mol. The van der Waals surface area contributed by atoms with Crippen LogP contribution in [0, 0.1) is 5.82 Å². The van der Waals surface area contributed by atoms with Gasteiger partial charge in [0.25, 0.3) is 0 Å². The summed E-state index contributed by atoms with van der Waals surface area (Å²) in [5, 5.41) is 4.26. The predicted molar refractivity (Wildman–Crippen MR) is 94.5 cm³/mol. The Kier molecular flexibility index (Phi) is 7.29. The zero-order valence-corrected chi connectivity index (χ0v) is 19.5. The number of carbonyl (C=O) groups is 1. The van der Waals surface area contributed by atoms with Crippen molar-refractivity contribution < 1.29 is 78.3 Å². The van der Waals surface area contributed by atoms with E-state index in [1.54, 1.807) is 25.7 Å². The zero-order valence-electron chi connectivity index (χ0n) is 16.4. The first kappa shape index (κ1) is 23.7. The molecule has 1 aliphatic heterocycles. The number of hydrogen-bond donors (Lipinski definition) is 0. The van der Waals surface area contributed by atoms with E-state index < -0.39 is 30.0 Å². The minimum Gasteiger partial charge on any atom is -0.445 e. The molecule has 2 heterocycles. The van der Waals surface area contributed by atoms with Crippen LogP contribution in [0.4, 0.5) is 22.1 Å². The first-order valence-electron chi connectivity index (χ1n) is 8.80. The maximum absolute atomic E-state index is 14.0. The fourth-order valence-corrected chi connectivity index (χ4v) is 3.15. The van der Waals surface area contributed by atoms with E-state index in [-0.39, 0.29) is 68.3 Å². The summed E-state index contributed by atoms with van der Waals surface area (Å²) < 4.78 is 59.6. The second-order valence-electron chi connectivity index (χ2n) is 7.82. The monoisotopic (exact) mass is 425 g/mol. The summed E-state index contributed by atoms with van der Waals surface area (Å²) in [6, 6.07) is 1.30. The van der Waals surface area contributed by atoms with E-state index in [0.717, 1.165) is 6.07 Å². The van der Waals surface area contributed by atoms with Crippen LogP contribution in [0.15, 0.2) is 18.3 Å². The molecule has 3 rings (SSSR count). The molecule has 1 saturated heterocycles. The van der Waals surface area contributed by atoms with Crippen molar-refractivity contribution in [3.8, 4) is 0 Å². The van der Waals surface area contributed by atoms with Gasteiger partial charge in [-0.15, -0.1) is 5.46 Å². The first-order chi connectivity index (χ1) is 12.4. The Morgan fingerprint density at radius 3 is 2.36 bits per heavy atom. The normalized spacial score (nSPS) is 16.2. The van der Waals surface area contributed by atoms with Gasteiger partial charge in [0, 0.05) is 24.7 Å². The molecular weight excluding hydrogens is 404 g/mol. The van der Waals surface area contributed by atoms with Crippen molar-refractivity contribution in [1.29, 1.82) is 0 Å². The summed E-state index contributed by atoms with van der Waals surface area (Å²) >= 11 is 0. The summed E-state index contributed by atoms with van der Waals surface area (Å²) in [5.41, 5.74) is -1.63. The van der Waals surface area contributed by atoms with Gasteiger partial charge in [-0.05, 0) is 33.6 Å². The van der Waals surface area contributed by atoms with E-state index in [1.165, 1.54) is 10.9 Å². The zero-order chi connectivity index (χ0) is 20.0. The second kappa shape index (κ2) is 8.63. The smallest absolute Gasteiger partial charge is 0.445 e. The van der Waals surface area contributed by atoms with Crippen LogP contribution in [0.3, 0.4) is 0 Å². The van der Waals surface area contributed by atoms with Gasteiger partial charge in [0.1, 0.15) is 16.9 Å². The van der Waals surface area contributed by atoms with Crippen molar-refractivity contribution in [2.24, 2.45) is 0 Å². The Hall–Kier alpha value is -0.619. The molecule has 28 heavy (non-hydrogen) atoms. The minimum absolute atomic E-state index is 0. The van der Waals surface area contributed by atoms with Gasteiger partial charge >= 0.3 is 64.5 Å². The summed E-state index contributed by atoms with van der Waals surface area (Å²) in [6.45, 7) is 0.970. The van der Waals surface area contributed by atoms with Crippen LogP contribution >= 0.6 is 0 Å². The van der Waals surface area contributed by atoms with Gasteiger partial charge in [-0.3, -0.25) is 4.68 Å². The van der Waals surface area contributed by atoms with Crippen LogP contribution in [-0.4, -0.2) is 46.4 Å². The number of hydrogen-bond acceptors (Lipinski definition) is 3. The maximum Gasteiger partial charge on any atom is 1.00 e. The fourth-order valence-electron chi connectivity index (χ4n) is 3.15. The standard InChI is InChI=1S/C17H21BF4N3O2.K/c1-17(2,3)27-16(26)24-6-4-13(5-7-24)25-10-11-8-12(18(20,21)22)9-14(19)15(11)23-25;/h8-10,13H,4-7H2,1-3H3;/q-1;+1. The number of fused-ring (bicyclic) bond motifs is 1. The summed E-state index contributed by atoms with van der Waals surface area (Å²) in [6.07, 6.45) is 2.17. The van der Waals surface area contributed by atoms with E-state index >= 15 is 0 Å². The molecule has 0 unspecified atom stereocenters. The van der Waals surface area contributed by atoms with Gasteiger partial charge in [-0.1, -0.05) is 12.1 Å². The number of halogens is 4. The molecule has 0 bridgehead atoms. The van der Waals surface area contributed by atoms with Crippen LogP contribution in [0.1, 0.15) is 39.7 Å². The van der Waals surface area contributed by atoms with Crippen LogP contribution in [-0.2, 0) is 4.74 Å². The third-order valence-electron chi connectivity index (χ3n) is 4.47. The number of aromatic nitrogens is 2. The number of benzene rings is 1. The van der Waals surface area contributed by atoms with Crippen molar-refractivity contribution in [3.05, 3.63) is 24.1 Å². The van der Waals surface area contributed by atoms with E-state index in [4.69, 9.17) is 4.74 Å². The molecule has 0 N–H and O–H groups in total. The Morgan fingerprint density at radius 1 is 1.21 bits per heavy atom. The van der Waals surface area contributed by atoms with Gasteiger partial charge in [-0.2, -0.15) is 5.10 Å². The van der Waals surface area contributed by atoms with Gasteiger partial charge in [0.15, 0.2) is 0 Å². The van der Waals surface area contributed by atoms with Crippen molar-refractivity contribution in [1.82, 2.24) is 14.7 Å². The number of amides is 1. The summed E-state index contributed by atoms with van der Waals surface area (Å²) in [7, 11) is 0. The molecular formula is C17H21BF4KN3O2. The third kappa shape index (κ3) is 5.50. The summed E-state index contributed by atoms with van der Waals surface area (Å²) in [5.74, 6) is -0.980. The van der Waals surface area contributed by atoms with Crippen molar-refractivity contribution in [2.75, 3.05) is 13.1 Å². The number of nitrogens with zero attached hydrogens (tertiary/aromatic N) is 3. The first-order valence-corrected chi connectivity index (χ1v) is 8.80. The molecule has 0 saturated carbocycles. The molecule has 0 atom stereocenters. The Labute approximate surface area is 203 Å². The predicted octanol–water partition coefficient (Wildman–Crippen LogP) is 0.806. The molecule has 5 nitrogen and oxygen atoms in total. The molecule has 1 amide bonds. The molecule has 0 radical (unpaired) electrons. The summed E-state index contributed by atoms with van der Waals surface area (Å²) in [4.78, 5) is 13.7. The number of likely N-dealkylation sites (tertiary alicyclic amines) is 1. The van der Waals surface area contributed by atoms with Gasteiger partial charge in [-0.25, -0.2) is 9.18 Å². The third-order valence-corrected chi connectivity index (χ3v) is 4.47. The van der Waals surface area contributed by atoms with Crippen molar-refractivity contribution in [2.45, 2.75) is 45.3 Å². The number of piperidine rings is 1. The number of rotatable bonds is 2. The molecule has 1 fully saturated rings. The van der Waals surface area contributed by atoms with E-state index in [2.05, 4.69) is 5.10 Å². The molecule has 1 aromatic carbocycles. The van der Waals surface area contributed by atoms with E-state index in [1.807, 2.05) is 0 Å². The molecule has 0 aliphatic carbocycles. The van der Waals surface area contributed by atoms with Crippen LogP contribution < -0.4 is 56.8 Å². The van der Waals surface area contributed by atoms with E-state index in [0.29, 0.717) is 32.0 Å². The molecule has 11 heteroatoms. The molecule has 1 aromatic heterocycles. The van der Waals surface area contributed by atoms with Crippen LogP contribution in [0.5, 0.6) is 0 Å². The van der Waals surface area contributed by atoms with Gasteiger partial charge in [0.05, 0.1) is 6.04 Å². The maximum atomic E-state index is 14.0. The van der Waals surface area contributed by atoms with Gasteiger partial charge in [0.2, 0.25) is 0 Å². The molecule has 0 spiro atoms. The second-order valence-corrected chi connectivity index (χ2v) is 7.82. The Morgan fingerprint density at radius 2 is 1.82 bits per heavy atom. The number of ether oxygens (including phenoxy) is 1. The molecule has 2 aromatic rings. The Bertz CT molecular complexity index is 858. The van der Waals surface area contributed by atoms with Crippen LogP contribution in [0.2, 0.25) is 0 Å². The minimum atomic E-state index is -5.28. The van der Waals surface area contributed by atoms with Crippen LogP contribution in [0.25, 0.3) is 10.9 Å². The van der Waals surface area contributed by atoms with E-state index in [9.17, 15) is 22.1 Å².